The largest absolute Gasteiger partial charge is 0.433 e. The third-order valence-corrected chi connectivity index (χ3v) is 5.27. The van der Waals surface area contributed by atoms with Gasteiger partial charge in [0.1, 0.15) is 12.4 Å². The number of halogens is 3. The van der Waals surface area contributed by atoms with Crippen LogP contribution in [0.5, 0.6) is 0 Å². The van der Waals surface area contributed by atoms with E-state index in [0.29, 0.717) is 17.4 Å². The van der Waals surface area contributed by atoms with Gasteiger partial charge in [0.05, 0.1) is 0 Å². The van der Waals surface area contributed by atoms with Crippen LogP contribution in [0.2, 0.25) is 0 Å². The van der Waals surface area contributed by atoms with Crippen molar-refractivity contribution in [2.45, 2.75) is 39.5 Å². The predicted molar refractivity (Wildman–Crippen MR) is 101 cm³/mol. The number of aromatic nitrogens is 2. The highest BCUT2D eigenvalue weighted by Crippen LogP contribution is 2.39. The van der Waals surface area contributed by atoms with Crippen LogP contribution in [-0.2, 0) is 24.1 Å². The molecule has 3 aliphatic heterocycles. The molecule has 1 fully saturated rings. The topological polar surface area (TPSA) is 41.4 Å². The van der Waals surface area contributed by atoms with Gasteiger partial charge in [-0.25, -0.2) is 4.98 Å². The summed E-state index contributed by atoms with van der Waals surface area (Å²) in [5, 5.41) is 0. The maximum absolute atomic E-state index is 13.8. The number of amides is 1. The second-order valence-electron chi connectivity index (χ2n) is 8.24. The second kappa shape index (κ2) is 7.73. The van der Waals surface area contributed by atoms with Crippen molar-refractivity contribution in [3.05, 3.63) is 29.6 Å². The fraction of sp³-hybridized carbons (Fsp3) is 0.600. The molecule has 3 aliphatic rings. The quantitative estimate of drug-likeness (QED) is 0.793. The van der Waals surface area contributed by atoms with E-state index in [9.17, 15) is 18.0 Å². The number of pyridine rings is 1. The molecule has 0 aliphatic carbocycles. The Balaban J connectivity index is 1.99. The molecule has 1 saturated heterocycles. The normalized spacial score (nSPS) is 21.2. The van der Waals surface area contributed by atoms with Crippen molar-refractivity contribution in [2.24, 2.45) is 11.8 Å². The zero-order chi connectivity index (χ0) is 20.6. The third kappa shape index (κ3) is 4.32. The van der Waals surface area contributed by atoms with Crippen molar-refractivity contribution in [3.63, 3.8) is 0 Å². The Hall–Kier alpha value is -2.09. The SMILES string of the molecule is C[C@@H]1C[C@H](C)CN(Cc2c3cccn(CC(=O)N(C)C)c-3nc2C(F)(F)F)C1. The van der Waals surface area contributed by atoms with Gasteiger partial charge in [-0.2, -0.15) is 13.2 Å². The van der Waals surface area contributed by atoms with Gasteiger partial charge in [0, 0.05) is 51.1 Å². The van der Waals surface area contributed by atoms with Gasteiger partial charge in [-0.1, -0.05) is 13.8 Å². The van der Waals surface area contributed by atoms with Crippen LogP contribution in [0.4, 0.5) is 13.2 Å². The van der Waals surface area contributed by atoms with Crippen LogP contribution in [-0.4, -0.2) is 52.4 Å². The minimum absolute atomic E-state index is 0.0458. The highest BCUT2D eigenvalue weighted by Gasteiger charge is 2.40. The number of piperidine rings is 1. The summed E-state index contributed by atoms with van der Waals surface area (Å²) in [5.41, 5.74) is -0.173. The first kappa shape index (κ1) is 20.6. The fourth-order valence-electron chi connectivity index (χ4n) is 4.16. The van der Waals surface area contributed by atoms with Crippen LogP contribution in [0.25, 0.3) is 11.4 Å². The molecule has 154 valence electrons. The van der Waals surface area contributed by atoms with Gasteiger partial charge in [-0.15, -0.1) is 0 Å². The summed E-state index contributed by atoms with van der Waals surface area (Å²) in [6.45, 7) is 5.99. The number of hydrogen-bond acceptors (Lipinski definition) is 3. The Kier molecular flexibility index (Phi) is 5.70. The van der Waals surface area contributed by atoms with Crippen molar-refractivity contribution >= 4 is 5.91 Å². The van der Waals surface area contributed by atoms with Crippen LogP contribution in [0.15, 0.2) is 18.3 Å². The average molecular weight is 396 g/mol. The third-order valence-electron chi connectivity index (χ3n) is 5.27. The number of likely N-dealkylation sites (tertiary alicyclic amines) is 1. The molecular weight excluding hydrogens is 369 g/mol. The van der Waals surface area contributed by atoms with Crippen LogP contribution in [0.1, 0.15) is 31.5 Å². The Morgan fingerprint density at radius 3 is 2.46 bits per heavy atom. The van der Waals surface area contributed by atoms with E-state index in [0.717, 1.165) is 19.5 Å². The second-order valence-corrected chi connectivity index (χ2v) is 8.24. The number of carbonyl (C=O) groups is 1. The minimum Gasteiger partial charge on any atom is -0.347 e. The molecule has 5 nitrogen and oxygen atoms in total. The minimum atomic E-state index is -4.54. The number of likely N-dealkylation sites (N-methyl/N-ethyl adjacent to an activating group) is 1. The summed E-state index contributed by atoms with van der Waals surface area (Å²) < 4.78 is 42.8. The Labute approximate surface area is 163 Å². The summed E-state index contributed by atoms with van der Waals surface area (Å²) in [4.78, 5) is 19.5. The van der Waals surface area contributed by atoms with E-state index in [1.165, 1.54) is 9.47 Å². The van der Waals surface area contributed by atoms with Gasteiger partial charge in [0.15, 0.2) is 5.69 Å². The van der Waals surface area contributed by atoms with Crippen molar-refractivity contribution < 1.29 is 18.0 Å². The first-order chi connectivity index (χ1) is 13.1. The van der Waals surface area contributed by atoms with Gasteiger partial charge in [0.25, 0.3) is 0 Å². The Morgan fingerprint density at radius 2 is 1.89 bits per heavy atom. The van der Waals surface area contributed by atoms with Crippen molar-refractivity contribution in [2.75, 3.05) is 27.2 Å². The van der Waals surface area contributed by atoms with Gasteiger partial charge >= 0.3 is 6.18 Å². The number of nitrogens with zero attached hydrogens (tertiary/aromatic N) is 4. The molecule has 28 heavy (non-hydrogen) atoms. The first-order valence-electron chi connectivity index (χ1n) is 9.53. The number of rotatable bonds is 4. The molecule has 2 atom stereocenters. The van der Waals surface area contributed by atoms with E-state index in [2.05, 4.69) is 23.7 Å². The van der Waals surface area contributed by atoms with E-state index in [4.69, 9.17) is 0 Å². The summed E-state index contributed by atoms with van der Waals surface area (Å²) >= 11 is 0. The summed E-state index contributed by atoms with van der Waals surface area (Å²) in [7, 11) is 3.24. The van der Waals surface area contributed by atoms with Crippen LogP contribution >= 0.6 is 0 Å². The molecule has 0 bridgehead atoms. The molecule has 3 heterocycles. The van der Waals surface area contributed by atoms with Crippen LogP contribution < -0.4 is 0 Å². The van der Waals surface area contributed by atoms with Gasteiger partial charge in [-0.3, -0.25) is 9.69 Å². The number of alkyl halides is 3. The molecule has 0 unspecified atom stereocenters. The highest BCUT2D eigenvalue weighted by atomic mass is 19.4. The molecule has 0 aromatic carbocycles. The summed E-state index contributed by atoms with van der Waals surface area (Å²) in [5.74, 6) is 0.914. The van der Waals surface area contributed by atoms with E-state index in [1.807, 2.05) is 0 Å². The van der Waals surface area contributed by atoms with Crippen LogP contribution in [0.3, 0.4) is 0 Å². The number of fused-ring (bicyclic) bond motifs is 1. The molecule has 0 saturated carbocycles. The lowest BCUT2D eigenvalue weighted by molar-refractivity contribution is -0.141. The van der Waals surface area contributed by atoms with Crippen molar-refractivity contribution in [1.29, 1.82) is 0 Å². The molecule has 0 aromatic rings. The first-order valence-corrected chi connectivity index (χ1v) is 9.53. The van der Waals surface area contributed by atoms with Gasteiger partial charge < -0.3 is 9.47 Å². The maximum atomic E-state index is 13.8. The smallest absolute Gasteiger partial charge is 0.347 e. The zero-order valence-corrected chi connectivity index (χ0v) is 16.8. The van der Waals surface area contributed by atoms with E-state index in [-0.39, 0.29) is 30.4 Å². The molecule has 0 radical (unpaired) electrons. The zero-order valence-electron chi connectivity index (χ0n) is 16.8. The molecule has 0 aromatic heterocycles. The molecule has 8 heteroatoms. The van der Waals surface area contributed by atoms with E-state index < -0.39 is 11.9 Å². The Morgan fingerprint density at radius 1 is 1.25 bits per heavy atom. The molecule has 0 N–H and O–H groups in total. The lowest BCUT2D eigenvalue weighted by Gasteiger charge is -2.35. The molecule has 1 amide bonds. The van der Waals surface area contributed by atoms with E-state index >= 15 is 0 Å². The maximum Gasteiger partial charge on any atom is 0.433 e. The summed E-state index contributed by atoms with van der Waals surface area (Å²) in [6.07, 6.45) is -1.84. The standard InChI is InChI=1S/C20H27F3N4O/c1-13-8-14(2)10-26(9-13)11-16-15-6-5-7-27(12-17(28)25(3)4)19(15)24-18(16)20(21,22)23/h5-7,13-14H,8-12H2,1-4H3/t13-,14+. The van der Waals surface area contributed by atoms with Crippen LogP contribution in [0, 0.1) is 11.8 Å². The number of carbonyl (C=O) groups excluding carboxylic acids is 1. The Bertz CT molecular complexity index is 804. The summed E-state index contributed by atoms with van der Waals surface area (Å²) in [6, 6.07) is 3.35. The predicted octanol–water partition coefficient (Wildman–Crippen LogP) is 3.57. The van der Waals surface area contributed by atoms with Gasteiger partial charge in [-0.05, 0) is 30.4 Å². The highest BCUT2D eigenvalue weighted by molar-refractivity contribution is 5.76. The molecule has 0 spiro atoms. The average Bonchev–Trinajstić information content (AvgIpc) is 2.94. The van der Waals surface area contributed by atoms with E-state index in [1.54, 1.807) is 32.4 Å². The molecule has 3 rings (SSSR count). The molecular formula is C20H27F3N4O. The van der Waals surface area contributed by atoms with Gasteiger partial charge in [0.2, 0.25) is 5.91 Å². The fourth-order valence-corrected chi connectivity index (χ4v) is 4.16. The lowest BCUT2D eigenvalue weighted by Crippen LogP contribution is -2.38. The monoisotopic (exact) mass is 396 g/mol. The van der Waals surface area contributed by atoms with Crippen molar-refractivity contribution in [1.82, 2.24) is 19.4 Å². The lowest BCUT2D eigenvalue weighted by atomic mass is 9.91. The van der Waals surface area contributed by atoms with Crippen molar-refractivity contribution in [3.8, 4) is 11.4 Å². The number of hydrogen-bond donors (Lipinski definition) is 0.